The van der Waals surface area contributed by atoms with Gasteiger partial charge in [0.05, 0.1) is 5.56 Å². The molecule has 5 heteroatoms. The van der Waals surface area contributed by atoms with Crippen LogP contribution in [0.15, 0.2) is 36.4 Å². The van der Waals surface area contributed by atoms with Gasteiger partial charge in [-0.15, -0.1) is 11.3 Å². The van der Waals surface area contributed by atoms with Gasteiger partial charge in [0.2, 0.25) is 0 Å². The van der Waals surface area contributed by atoms with Gasteiger partial charge in [-0.3, -0.25) is 0 Å². The summed E-state index contributed by atoms with van der Waals surface area (Å²) in [6.45, 7) is 4.84. The van der Waals surface area contributed by atoms with E-state index in [1.807, 2.05) is 19.9 Å². The predicted octanol–water partition coefficient (Wildman–Crippen LogP) is 5.10. The topological polar surface area (TPSA) is 12.0 Å². The van der Waals surface area contributed by atoms with Crippen LogP contribution in [0.25, 0.3) is 10.4 Å². The number of alkyl halides is 3. The standard InChI is InChI=1S/C15H16F3NS/c1-3-19-10(2)13-8-9-14(20-13)11-6-4-5-7-12(11)15(16,17)18/h4-10,19H,3H2,1-2H3. The van der Waals surface area contributed by atoms with Crippen LogP contribution in [0.4, 0.5) is 13.2 Å². The van der Waals surface area contributed by atoms with Crippen LogP contribution < -0.4 is 5.32 Å². The largest absolute Gasteiger partial charge is 0.417 e. The zero-order valence-corrected chi connectivity index (χ0v) is 12.1. The van der Waals surface area contributed by atoms with Crippen molar-refractivity contribution in [1.82, 2.24) is 5.32 Å². The molecule has 0 fully saturated rings. The molecule has 2 rings (SSSR count). The van der Waals surface area contributed by atoms with Crippen LogP contribution in [0, 0.1) is 0 Å². The van der Waals surface area contributed by atoms with Gasteiger partial charge >= 0.3 is 6.18 Å². The van der Waals surface area contributed by atoms with Crippen LogP contribution >= 0.6 is 11.3 Å². The van der Waals surface area contributed by atoms with E-state index in [-0.39, 0.29) is 11.6 Å². The Bertz CT molecular complexity index is 574. The fraction of sp³-hybridized carbons (Fsp3) is 0.333. The van der Waals surface area contributed by atoms with Crippen molar-refractivity contribution in [2.24, 2.45) is 0 Å². The van der Waals surface area contributed by atoms with E-state index in [9.17, 15) is 13.2 Å². The SMILES string of the molecule is CCNC(C)c1ccc(-c2ccccc2C(F)(F)F)s1. The number of hydrogen-bond donors (Lipinski definition) is 1. The fourth-order valence-electron chi connectivity index (χ4n) is 2.08. The quantitative estimate of drug-likeness (QED) is 0.827. The third-order valence-corrected chi connectivity index (χ3v) is 4.36. The molecule has 1 unspecified atom stereocenters. The van der Waals surface area contributed by atoms with Gasteiger partial charge in [0, 0.05) is 21.4 Å². The molecule has 0 aliphatic heterocycles. The first-order chi connectivity index (χ1) is 9.43. The summed E-state index contributed by atoms with van der Waals surface area (Å²) < 4.78 is 39.0. The highest BCUT2D eigenvalue weighted by Crippen LogP contribution is 2.40. The van der Waals surface area contributed by atoms with E-state index in [0.717, 1.165) is 17.5 Å². The Morgan fingerprint density at radius 3 is 2.50 bits per heavy atom. The molecule has 2 aromatic rings. The lowest BCUT2D eigenvalue weighted by atomic mass is 10.1. The van der Waals surface area contributed by atoms with E-state index in [2.05, 4.69) is 5.32 Å². The number of benzene rings is 1. The second-order valence-electron chi connectivity index (χ2n) is 4.52. The van der Waals surface area contributed by atoms with Gasteiger partial charge in [-0.2, -0.15) is 13.2 Å². The lowest BCUT2D eigenvalue weighted by Gasteiger charge is -2.12. The highest BCUT2D eigenvalue weighted by Gasteiger charge is 2.33. The molecule has 20 heavy (non-hydrogen) atoms. The molecule has 1 atom stereocenters. The Balaban J connectivity index is 2.38. The predicted molar refractivity (Wildman–Crippen MR) is 76.8 cm³/mol. The van der Waals surface area contributed by atoms with Gasteiger partial charge in [-0.1, -0.05) is 25.1 Å². The molecule has 0 saturated heterocycles. The molecule has 0 bridgehead atoms. The molecule has 1 heterocycles. The highest BCUT2D eigenvalue weighted by molar-refractivity contribution is 7.15. The van der Waals surface area contributed by atoms with Crippen molar-refractivity contribution < 1.29 is 13.2 Å². The average Bonchev–Trinajstić information content (AvgIpc) is 2.87. The first-order valence-electron chi connectivity index (χ1n) is 6.43. The molecular formula is C15H16F3NS. The Labute approximate surface area is 120 Å². The first-order valence-corrected chi connectivity index (χ1v) is 7.25. The summed E-state index contributed by atoms with van der Waals surface area (Å²) in [5.41, 5.74) is -0.329. The van der Waals surface area contributed by atoms with Gasteiger partial charge in [0.25, 0.3) is 0 Å². The Morgan fingerprint density at radius 1 is 1.15 bits per heavy atom. The third kappa shape index (κ3) is 3.22. The normalized spacial score (nSPS) is 13.4. The smallest absolute Gasteiger partial charge is 0.310 e. The summed E-state index contributed by atoms with van der Waals surface area (Å²) in [6.07, 6.45) is -4.33. The molecule has 1 aromatic carbocycles. The molecular weight excluding hydrogens is 283 g/mol. The lowest BCUT2D eigenvalue weighted by molar-refractivity contribution is -0.137. The van der Waals surface area contributed by atoms with Crippen molar-refractivity contribution in [3.05, 3.63) is 46.8 Å². The Kier molecular flexibility index (Phi) is 4.50. The summed E-state index contributed by atoms with van der Waals surface area (Å²) in [4.78, 5) is 1.69. The minimum absolute atomic E-state index is 0.150. The van der Waals surface area contributed by atoms with Gasteiger partial charge in [0.1, 0.15) is 0 Å². The van der Waals surface area contributed by atoms with Crippen LogP contribution in [-0.2, 0) is 6.18 Å². The van der Waals surface area contributed by atoms with Crippen LogP contribution in [0.5, 0.6) is 0 Å². The second-order valence-corrected chi connectivity index (χ2v) is 5.64. The van der Waals surface area contributed by atoms with Crippen LogP contribution in [0.2, 0.25) is 0 Å². The van der Waals surface area contributed by atoms with Crippen molar-refractivity contribution in [3.63, 3.8) is 0 Å². The molecule has 0 aliphatic rings. The van der Waals surface area contributed by atoms with Crippen molar-refractivity contribution in [2.75, 3.05) is 6.54 Å². The number of halogens is 3. The van der Waals surface area contributed by atoms with Gasteiger partial charge in [0.15, 0.2) is 0 Å². The second kappa shape index (κ2) is 5.97. The van der Waals surface area contributed by atoms with Crippen molar-refractivity contribution >= 4 is 11.3 Å². The summed E-state index contributed by atoms with van der Waals surface area (Å²) >= 11 is 1.40. The zero-order chi connectivity index (χ0) is 14.8. The molecule has 0 amide bonds. The zero-order valence-electron chi connectivity index (χ0n) is 11.3. The highest BCUT2D eigenvalue weighted by atomic mass is 32.1. The van der Waals surface area contributed by atoms with Crippen molar-refractivity contribution in [3.8, 4) is 10.4 Å². The maximum absolute atomic E-state index is 13.0. The third-order valence-electron chi connectivity index (χ3n) is 3.06. The number of hydrogen-bond acceptors (Lipinski definition) is 2. The Morgan fingerprint density at radius 2 is 1.85 bits per heavy atom. The van der Waals surface area contributed by atoms with E-state index in [1.54, 1.807) is 12.1 Å². The number of rotatable bonds is 4. The van der Waals surface area contributed by atoms with Gasteiger partial charge < -0.3 is 5.32 Å². The van der Waals surface area contributed by atoms with E-state index < -0.39 is 11.7 Å². The summed E-state index contributed by atoms with van der Waals surface area (Å²) in [5.74, 6) is 0. The molecule has 1 nitrogen and oxygen atoms in total. The van der Waals surface area contributed by atoms with E-state index in [0.29, 0.717) is 4.88 Å². The molecule has 0 spiro atoms. The molecule has 1 N–H and O–H groups in total. The summed E-state index contributed by atoms with van der Waals surface area (Å²) in [5, 5.41) is 3.26. The molecule has 1 aromatic heterocycles. The van der Waals surface area contributed by atoms with E-state index >= 15 is 0 Å². The van der Waals surface area contributed by atoms with Crippen LogP contribution in [0.3, 0.4) is 0 Å². The maximum Gasteiger partial charge on any atom is 0.417 e. The number of thiophene rings is 1. The van der Waals surface area contributed by atoms with E-state index in [4.69, 9.17) is 0 Å². The molecule has 108 valence electrons. The number of nitrogens with one attached hydrogen (secondary N) is 1. The van der Waals surface area contributed by atoms with Gasteiger partial charge in [-0.25, -0.2) is 0 Å². The summed E-state index contributed by atoms with van der Waals surface area (Å²) in [7, 11) is 0. The van der Waals surface area contributed by atoms with Crippen molar-refractivity contribution in [2.45, 2.75) is 26.1 Å². The van der Waals surface area contributed by atoms with Crippen LogP contribution in [0.1, 0.15) is 30.3 Å². The van der Waals surface area contributed by atoms with Crippen molar-refractivity contribution in [1.29, 1.82) is 0 Å². The molecule has 0 radical (unpaired) electrons. The monoisotopic (exact) mass is 299 g/mol. The van der Waals surface area contributed by atoms with E-state index in [1.165, 1.54) is 23.5 Å². The van der Waals surface area contributed by atoms with Crippen LogP contribution in [-0.4, -0.2) is 6.54 Å². The summed E-state index contributed by atoms with van der Waals surface area (Å²) in [6, 6.07) is 9.51. The van der Waals surface area contributed by atoms with Gasteiger partial charge in [-0.05, 0) is 31.7 Å². The minimum Gasteiger partial charge on any atom is -0.310 e. The fourth-order valence-corrected chi connectivity index (χ4v) is 3.16. The Hall–Kier alpha value is -1.33. The maximum atomic E-state index is 13.0. The molecule has 0 saturated carbocycles. The molecule has 0 aliphatic carbocycles. The minimum atomic E-state index is -4.33. The lowest BCUT2D eigenvalue weighted by Crippen LogP contribution is -2.16. The average molecular weight is 299 g/mol. The first kappa shape index (κ1) is 15.1.